The number of rotatable bonds is 9. The van der Waals surface area contributed by atoms with E-state index in [9.17, 15) is 14.7 Å². The molecule has 0 saturated heterocycles. The average Bonchev–Trinajstić information content (AvgIpc) is 2.96. The zero-order chi connectivity index (χ0) is 28.4. The zero-order valence-corrected chi connectivity index (χ0v) is 23.1. The average molecular weight is 557 g/mol. The third kappa shape index (κ3) is 5.08. The number of aromatic nitrogens is 1. The molecule has 0 bridgehead atoms. The van der Waals surface area contributed by atoms with Crippen molar-refractivity contribution >= 4 is 44.7 Å². The molecule has 5 rings (SSSR count). The molecular formula is C32H29ClN2O5. The number of carbonyl (C=O) groups is 1. The number of Topliss-reactive ketones (excluding diaryl/α,β-unsaturated/α-hetero) is 1. The first kappa shape index (κ1) is 27.1. The van der Waals surface area contributed by atoms with Crippen LogP contribution >= 0.6 is 11.6 Å². The number of aryl methyl sites for hydroxylation is 1. The number of aromatic amines is 1. The summed E-state index contributed by atoms with van der Waals surface area (Å²) in [6.07, 6.45) is 0.722. The summed E-state index contributed by atoms with van der Waals surface area (Å²) in [4.78, 5) is 30.2. The first-order valence-corrected chi connectivity index (χ1v) is 13.3. The molecule has 1 heterocycles. The summed E-state index contributed by atoms with van der Waals surface area (Å²) in [5.41, 5.74) is 1.52. The summed E-state index contributed by atoms with van der Waals surface area (Å²) in [5, 5.41) is 17.8. The number of ketones is 1. The van der Waals surface area contributed by atoms with Crippen LogP contribution in [0.2, 0.25) is 5.02 Å². The topological polar surface area (TPSA) is 101 Å². The minimum absolute atomic E-state index is 0.256. The SMILES string of the molecule is CCc1c(OC)c(OC)cc2[nH]c(=O)c(C(=O)C(Cc3ccc(Cl)cc3)Nc3ccc4ccccc4c3)c(O)c12. The van der Waals surface area contributed by atoms with Gasteiger partial charge in [0.25, 0.3) is 5.56 Å². The van der Waals surface area contributed by atoms with Crippen LogP contribution in [0.3, 0.4) is 0 Å². The second-order valence-corrected chi connectivity index (χ2v) is 9.93. The van der Waals surface area contributed by atoms with Gasteiger partial charge >= 0.3 is 0 Å². The van der Waals surface area contributed by atoms with Crippen molar-refractivity contribution in [1.82, 2.24) is 4.98 Å². The molecule has 0 saturated carbocycles. The maximum absolute atomic E-state index is 14.1. The molecule has 0 aliphatic carbocycles. The number of methoxy groups -OCH3 is 2. The van der Waals surface area contributed by atoms with E-state index in [1.807, 2.05) is 61.5 Å². The number of aromatic hydroxyl groups is 1. The normalized spacial score (nSPS) is 11.9. The van der Waals surface area contributed by atoms with Gasteiger partial charge in [-0.3, -0.25) is 9.59 Å². The van der Waals surface area contributed by atoms with Crippen LogP contribution < -0.4 is 20.3 Å². The Morgan fingerprint density at radius 1 is 1.00 bits per heavy atom. The molecule has 204 valence electrons. The van der Waals surface area contributed by atoms with Crippen LogP contribution in [0.4, 0.5) is 5.69 Å². The Kier molecular flexibility index (Phi) is 7.67. The quantitative estimate of drug-likeness (QED) is 0.179. The van der Waals surface area contributed by atoms with Crippen LogP contribution in [0, 0.1) is 0 Å². The van der Waals surface area contributed by atoms with E-state index in [-0.39, 0.29) is 17.7 Å². The molecule has 0 amide bonds. The Hall–Kier alpha value is -4.49. The van der Waals surface area contributed by atoms with Crippen LogP contribution in [-0.2, 0) is 12.8 Å². The molecule has 0 radical (unpaired) electrons. The fraction of sp³-hybridized carbons (Fsp3) is 0.188. The fourth-order valence-electron chi connectivity index (χ4n) is 5.14. The monoisotopic (exact) mass is 556 g/mol. The Morgan fingerprint density at radius 3 is 2.40 bits per heavy atom. The molecule has 0 spiro atoms. The van der Waals surface area contributed by atoms with Crippen molar-refractivity contribution in [2.24, 2.45) is 0 Å². The van der Waals surface area contributed by atoms with Crippen molar-refractivity contribution in [1.29, 1.82) is 0 Å². The number of hydrogen-bond donors (Lipinski definition) is 3. The molecular weight excluding hydrogens is 528 g/mol. The predicted molar refractivity (Wildman–Crippen MR) is 160 cm³/mol. The van der Waals surface area contributed by atoms with Crippen LogP contribution in [0.5, 0.6) is 17.2 Å². The van der Waals surface area contributed by atoms with Crippen LogP contribution in [0.25, 0.3) is 21.7 Å². The Bertz CT molecular complexity index is 1780. The molecule has 1 unspecified atom stereocenters. The van der Waals surface area contributed by atoms with E-state index in [0.29, 0.717) is 45.1 Å². The van der Waals surface area contributed by atoms with Crippen LogP contribution in [-0.4, -0.2) is 36.1 Å². The minimum atomic E-state index is -0.864. The predicted octanol–water partition coefficient (Wildman–Crippen LogP) is 6.53. The molecule has 8 heteroatoms. The molecule has 1 atom stereocenters. The number of halogens is 1. The lowest BCUT2D eigenvalue weighted by molar-refractivity contribution is 0.0965. The van der Waals surface area contributed by atoms with Gasteiger partial charge in [0.15, 0.2) is 17.3 Å². The van der Waals surface area contributed by atoms with Gasteiger partial charge in [0.05, 0.1) is 25.8 Å². The summed E-state index contributed by atoms with van der Waals surface area (Å²) in [6.45, 7) is 1.90. The van der Waals surface area contributed by atoms with Gasteiger partial charge < -0.3 is 24.9 Å². The molecule has 0 aliphatic heterocycles. The molecule has 1 aromatic heterocycles. The lowest BCUT2D eigenvalue weighted by Gasteiger charge is -2.21. The van der Waals surface area contributed by atoms with E-state index in [1.165, 1.54) is 14.2 Å². The fourth-order valence-corrected chi connectivity index (χ4v) is 5.27. The highest BCUT2D eigenvalue weighted by molar-refractivity contribution is 6.30. The van der Waals surface area contributed by atoms with Gasteiger partial charge in [-0.05, 0) is 47.0 Å². The van der Waals surface area contributed by atoms with E-state index in [4.69, 9.17) is 21.1 Å². The zero-order valence-electron chi connectivity index (χ0n) is 22.4. The molecule has 0 fully saturated rings. The lowest BCUT2D eigenvalue weighted by atomic mass is 9.94. The number of fused-ring (bicyclic) bond motifs is 2. The number of benzene rings is 4. The number of ether oxygens (including phenoxy) is 2. The second-order valence-electron chi connectivity index (χ2n) is 9.50. The van der Waals surface area contributed by atoms with Crippen LogP contribution in [0.1, 0.15) is 28.4 Å². The molecule has 7 nitrogen and oxygen atoms in total. The number of H-pyrrole nitrogens is 1. The summed E-state index contributed by atoms with van der Waals surface area (Å²) < 4.78 is 11.0. The third-order valence-corrected chi connectivity index (χ3v) is 7.33. The van der Waals surface area contributed by atoms with Gasteiger partial charge in [-0.15, -0.1) is 0 Å². The van der Waals surface area contributed by atoms with Gasteiger partial charge in [0, 0.05) is 34.1 Å². The van der Waals surface area contributed by atoms with E-state index in [2.05, 4.69) is 10.3 Å². The van der Waals surface area contributed by atoms with Gasteiger partial charge in [-0.1, -0.05) is 61.0 Å². The third-order valence-electron chi connectivity index (χ3n) is 7.08. The first-order valence-electron chi connectivity index (χ1n) is 12.9. The largest absolute Gasteiger partial charge is 0.506 e. The van der Waals surface area contributed by atoms with Crippen molar-refractivity contribution < 1.29 is 19.4 Å². The summed E-state index contributed by atoms with van der Waals surface area (Å²) >= 11 is 6.08. The molecule has 0 aliphatic rings. The maximum atomic E-state index is 14.1. The molecule has 4 aromatic carbocycles. The van der Waals surface area contributed by atoms with Crippen molar-refractivity contribution in [2.75, 3.05) is 19.5 Å². The molecule has 5 aromatic rings. The maximum Gasteiger partial charge on any atom is 0.263 e. The van der Waals surface area contributed by atoms with Crippen molar-refractivity contribution in [3.8, 4) is 17.2 Å². The molecule has 3 N–H and O–H groups in total. The summed E-state index contributed by atoms with van der Waals surface area (Å²) in [6, 6.07) is 21.6. The van der Waals surface area contributed by atoms with E-state index < -0.39 is 17.4 Å². The van der Waals surface area contributed by atoms with Gasteiger partial charge in [0.2, 0.25) is 0 Å². The lowest BCUT2D eigenvalue weighted by Crippen LogP contribution is -2.35. The highest BCUT2D eigenvalue weighted by atomic mass is 35.5. The Morgan fingerprint density at radius 2 is 1.73 bits per heavy atom. The van der Waals surface area contributed by atoms with Crippen molar-refractivity contribution in [3.63, 3.8) is 0 Å². The first-order chi connectivity index (χ1) is 19.3. The van der Waals surface area contributed by atoms with E-state index in [0.717, 1.165) is 16.3 Å². The number of carbonyl (C=O) groups excluding carboxylic acids is 1. The second kappa shape index (κ2) is 11.3. The van der Waals surface area contributed by atoms with E-state index in [1.54, 1.807) is 18.2 Å². The van der Waals surface area contributed by atoms with Crippen LogP contribution in [0.15, 0.2) is 77.6 Å². The molecule has 40 heavy (non-hydrogen) atoms. The number of hydrogen-bond acceptors (Lipinski definition) is 6. The number of anilines is 1. The van der Waals surface area contributed by atoms with Gasteiger partial charge in [-0.2, -0.15) is 0 Å². The van der Waals surface area contributed by atoms with Crippen molar-refractivity contribution in [3.05, 3.63) is 105 Å². The van der Waals surface area contributed by atoms with E-state index >= 15 is 0 Å². The Labute approximate surface area is 236 Å². The minimum Gasteiger partial charge on any atom is -0.506 e. The number of nitrogens with one attached hydrogen (secondary N) is 2. The van der Waals surface area contributed by atoms with Gasteiger partial charge in [0.1, 0.15) is 11.3 Å². The standard InChI is InChI=1S/C32H29ClN2O5/c1-4-23-27-24(17-26(39-2)31(23)40-3)35-32(38)28(30(27)37)29(36)25(15-18-9-12-21(33)13-10-18)34-22-14-11-19-7-5-6-8-20(19)16-22/h5-14,16-17,25,34H,4,15H2,1-3H3,(H2,35,37,38). The highest BCUT2D eigenvalue weighted by Crippen LogP contribution is 2.41. The summed E-state index contributed by atoms with van der Waals surface area (Å²) in [7, 11) is 3.01. The highest BCUT2D eigenvalue weighted by Gasteiger charge is 2.29. The smallest absolute Gasteiger partial charge is 0.263 e. The Balaban J connectivity index is 1.64. The van der Waals surface area contributed by atoms with Gasteiger partial charge in [-0.25, -0.2) is 0 Å². The number of pyridine rings is 1. The van der Waals surface area contributed by atoms with Crippen molar-refractivity contribution in [2.45, 2.75) is 25.8 Å². The summed E-state index contributed by atoms with van der Waals surface area (Å²) in [5.74, 6) is -0.0756.